The molecule has 2 aliphatic heterocycles. The predicted octanol–water partition coefficient (Wildman–Crippen LogP) is 2.37. The van der Waals surface area contributed by atoms with Gasteiger partial charge in [0.05, 0.1) is 5.02 Å². The van der Waals surface area contributed by atoms with E-state index in [1.165, 1.54) is 12.1 Å². The summed E-state index contributed by atoms with van der Waals surface area (Å²) in [7, 11) is -3.56. The first-order valence-electron chi connectivity index (χ1n) is 6.67. The Morgan fingerprint density at radius 1 is 1.25 bits per heavy atom. The highest BCUT2D eigenvalue weighted by atomic mass is 35.5. The summed E-state index contributed by atoms with van der Waals surface area (Å²) >= 11 is 11.9. The second kappa shape index (κ2) is 5.46. The fourth-order valence-corrected chi connectivity index (χ4v) is 5.30. The second-order valence-electron chi connectivity index (χ2n) is 5.34. The zero-order valence-corrected chi connectivity index (χ0v) is 13.2. The molecule has 2 unspecified atom stereocenters. The van der Waals surface area contributed by atoms with Crippen LogP contribution in [-0.4, -0.2) is 38.4 Å². The maximum Gasteiger partial charge on any atom is 0.244 e. The minimum absolute atomic E-state index is 0.107. The van der Waals surface area contributed by atoms with Gasteiger partial charge in [-0.05, 0) is 43.5 Å². The smallest absolute Gasteiger partial charge is 0.244 e. The lowest BCUT2D eigenvalue weighted by molar-refractivity contribution is 0.247. The van der Waals surface area contributed by atoms with E-state index in [0.717, 1.165) is 19.4 Å². The van der Waals surface area contributed by atoms with Gasteiger partial charge >= 0.3 is 0 Å². The van der Waals surface area contributed by atoms with Crippen LogP contribution in [-0.2, 0) is 10.0 Å². The van der Waals surface area contributed by atoms with Gasteiger partial charge in [0.2, 0.25) is 10.0 Å². The largest absolute Gasteiger partial charge is 0.314 e. The fraction of sp³-hybridized carbons (Fsp3) is 0.538. The van der Waals surface area contributed by atoms with E-state index in [1.807, 2.05) is 0 Å². The third-order valence-corrected chi connectivity index (χ3v) is 6.71. The van der Waals surface area contributed by atoms with E-state index in [2.05, 4.69) is 5.32 Å². The Balaban J connectivity index is 1.90. The molecule has 0 radical (unpaired) electrons. The molecule has 1 N–H and O–H groups in total. The van der Waals surface area contributed by atoms with Gasteiger partial charge in [0.1, 0.15) is 4.90 Å². The van der Waals surface area contributed by atoms with Crippen molar-refractivity contribution in [1.82, 2.24) is 9.62 Å². The number of piperidine rings is 1. The third-order valence-electron chi connectivity index (χ3n) is 4.13. The Hall–Kier alpha value is -0.330. The number of halogens is 2. The summed E-state index contributed by atoms with van der Waals surface area (Å²) in [5.74, 6) is 0.400. The summed E-state index contributed by atoms with van der Waals surface area (Å²) in [6.45, 7) is 2.06. The molecule has 110 valence electrons. The minimum atomic E-state index is -3.56. The van der Waals surface area contributed by atoms with Gasteiger partial charge in [0, 0.05) is 24.2 Å². The maximum absolute atomic E-state index is 12.7. The molecule has 2 saturated heterocycles. The fourth-order valence-electron chi connectivity index (χ4n) is 3.05. The van der Waals surface area contributed by atoms with Crippen LogP contribution >= 0.6 is 23.2 Å². The molecule has 7 heteroatoms. The van der Waals surface area contributed by atoms with Gasteiger partial charge < -0.3 is 5.32 Å². The van der Waals surface area contributed by atoms with Crippen molar-refractivity contribution in [2.24, 2.45) is 5.92 Å². The zero-order valence-electron chi connectivity index (χ0n) is 10.9. The van der Waals surface area contributed by atoms with Crippen molar-refractivity contribution in [3.63, 3.8) is 0 Å². The summed E-state index contributed by atoms with van der Waals surface area (Å²) in [6, 6.07) is 5.01. The van der Waals surface area contributed by atoms with Crippen LogP contribution in [0, 0.1) is 5.92 Å². The maximum atomic E-state index is 12.7. The van der Waals surface area contributed by atoms with E-state index in [1.54, 1.807) is 10.4 Å². The summed E-state index contributed by atoms with van der Waals surface area (Å²) in [6.07, 6.45) is 1.88. The molecule has 1 aromatic rings. The summed E-state index contributed by atoms with van der Waals surface area (Å²) in [4.78, 5) is 0.107. The minimum Gasteiger partial charge on any atom is -0.314 e. The van der Waals surface area contributed by atoms with Crippen molar-refractivity contribution in [1.29, 1.82) is 0 Å². The highest BCUT2D eigenvalue weighted by Crippen LogP contribution is 2.32. The van der Waals surface area contributed by atoms with Crippen LogP contribution < -0.4 is 5.32 Å². The third kappa shape index (κ3) is 2.57. The topological polar surface area (TPSA) is 49.4 Å². The van der Waals surface area contributed by atoms with Gasteiger partial charge in [-0.3, -0.25) is 0 Å². The number of sulfonamides is 1. The number of benzene rings is 1. The van der Waals surface area contributed by atoms with Gasteiger partial charge in [-0.2, -0.15) is 4.31 Å². The van der Waals surface area contributed by atoms with E-state index >= 15 is 0 Å². The number of rotatable bonds is 2. The molecule has 2 heterocycles. The number of hydrogen-bond acceptors (Lipinski definition) is 3. The Kier molecular flexibility index (Phi) is 3.99. The van der Waals surface area contributed by atoms with Gasteiger partial charge in [0.15, 0.2) is 0 Å². The first kappa shape index (κ1) is 14.6. The average molecular weight is 335 g/mol. The molecule has 4 nitrogen and oxygen atoms in total. The van der Waals surface area contributed by atoms with E-state index < -0.39 is 10.0 Å². The quantitative estimate of drug-likeness (QED) is 0.903. The van der Waals surface area contributed by atoms with Gasteiger partial charge in [-0.1, -0.05) is 23.2 Å². The first-order chi connectivity index (χ1) is 9.48. The molecular formula is C13H16Cl2N2O2S. The Labute approximate surface area is 129 Å². The van der Waals surface area contributed by atoms with E-state index in [-0.39, 0.29) is 9.92 Å². The van der Waals surface area contributed by atoms with Crippen LogP contribution in [0.15, 0.2) is 23.1 Å². The predicted molar refractivity (Wildman–Crippen MR) is 79.7 cm³/mol. The van der Waals surface area contributed by atoms with Crippen molar-refractivity contribution >= 4 is 33.2 Å². The summed E-state index contributed by atoms with van der Waals surface area (Å²) in [5.41, 5.74) is 0. The normalized spacial score (nSPS) is 27.5. The lowest BCUT2D eigenvalue weighted by Gasteiger charge is -2.34. The van der Waals surface area contributed by atoms with Gasteiger partial charge in [-0.15, -0.1) is 0 Å². The second-order valence-corrected chi connectivity index (χ2v) is 8.09. The van der Waals surface area contributed by atoms with Gasteiger partial charge in [0.25, 0.3) is 0 Å². The number of nitrogens with one attached hydrogen (secondary N) is 1. The molecule has 0 aliphatic carbocycles. The number of nitrogens with zero attached hydrogens (tertiary/aromatic N) is 1. The van der Waals surface area contributed by atoms with Crippen molar-refractivity contribution in [2.45, 2.75) is 23.8 Å². The van der Waals surface area contributed by atoms with Crippen LogP contribution in [0.2, 0.25) is 10.0 Å². The highest BCUT2D eigenvalue weighted by Gasteiger charge is 2.38. The standard InChI is InChI=1S/C13H16Cl2N2O2S/c14-10-1-2-11(15)13(7-10)20(18,19)17-6-4-12-9(8-17)3-5-16-12/h1-2,7,9,12,16H,3-6,8H2. The molecule has 0 amide bonds. The van der Waals surface area contributed by atoms with Crippen molar-refractivity contribution < 1.29 is 8.42 Å². The number of hydrogen-bond donors (Lipinski definition) is 1. The Bertz CT molecular complexity index is 621. The molecule has 2 aliphatic rings. The van der Waals surface area contributed by atoms with Gasteiger partial charge in [-0.25, -0.2) is 8.42 Å². The van der Waals surface area contributed by atoms with Crippen molar-refractivity contribution in [2.75, 3.05) is 19.6 Å². The molecule has 0 spiro atoms. The molecule has 0 bridgehead atoms. The molecule has 20 heavy (non-hydrogen) atoms. The van der Waals surface area contributed by atoms with Crippen LogP contribution in [0.4, 0.5) is 0 Å². The number of fused-ring (bicyclic) bond motifs is 1. The molecule has 3 rings (SSSR count). The van der Waals surface area contributed by atoms with Crippen molar-refractivity contribution in [3.05, 3.63) is 28.2 Å². The zero-order chi connectivity index (χ0) is 14.3. The summed E-state index contributed by atoms with van der Waals surface area (Å²) < 4.78 is 27.0. The van der Waals surface area contributed by atoms with E-state index in [9.17, 15) is 8.42 Å². The molecule has 2 fully saturated rings. The molecule has 0 saturated carbocycles. The Morgan fingerprint density at radius 2 is 2.05 bits per heavy atom. The lowest BCUT2D eigenvalue weighted by atomic mass is 9.95. The Morgan fingerprint density at radius 3 is 2.85 bits per heavy atom. The molecular weight excluding hydrogens is 319 g/mol. The van der Waals surface area contributed by atoms with Crippen LogP contribution in [0.5, 0.6) is 0 Å². The summed E-state index contributed by atoms with van der Waals surface area (Å²) in [5, 5.41) is 4.03. The van der Waals surface area contributed by atoms with Crippen LogP contribution in [0.1, 0.15) is 12.8 Å². The monoisotopic (exact) mass is 334 g/mol. The highest BCUT2D eigenvalue weighted by molar-refractivity contribution is 7.89. The van der Waals surface area contributed by atoms with Crippen LogP contribution in [0.25, 0.3) is 0 Å². The molecule has 0 aromatic heterocycles. The SMILES string of the molecule is O=S(=O)(c1cc(Cl)ccc1Cl)N1CCC2NCCC2C1. The van der Waals surface area contributed by atoms with Crippen molar-refractivity contribution in [3.8, 4) is 0 Å². The average Bonchev–Trinajstić information content (AvgIpc) is 2.88. The van der Waals surface area contributed by atoms with Crippen LogP contribution in [0.3, 0.4) is 0 Å². The molecule has 2 atom stereocenters. The van der Waals surface area contributed by atoms with E-state index in [4.69, 9.17) is 23.2 Å². The first-order valence-corrected chi connectivity index (χ1v) is 8.86. The molecule has 1 aromatic carbocycles. The lowest BCUT2D eigenvalue weighted by Crippen LogP contribution is -2.46. The van der Waals surface area contributed by atoms with E-state index in [0.29, 0.717) is 30.1 Å².